The van der Waals surface area contributed by atoms with Gasteiger partial charge in [-0.3, -0.25) is 4.79 Å². The van der Waals surface area contributed by atoms with Crippen LogP contribution in [0, 0.1) is 5.92 Å². The van der Waals surface area contributed by atoms with E-state index in [0.717, 1.165) is 19.3 Å². The molecule has 2 unspecified atom stereocenters. The van der Waals surface area contributed by atoms with Crippen molar-refractivity contribution in [3.63, 3.8) is 0 Å². The van der Waals surface area contributed by atoms with Gasteiger partial charge in [0.15, 0.2) is 0 Å². The number of hydrogen-bond acceptors (Lipinski definition) is 6. The molecular formula is C13H20ClN5O2. The Hall–Kier alpha value is -1.63. The summed E-state index contributed by atoms with van der Waals surface area (Å²) in [6.45, 7) is 5.05. The molecule has 1 aliphatic rings. The molecule has 1 aliphatic heterocycles. The van der Waals surface area contributed by atoms with E-state index in [0.29, 0.717) is 19.1 Å². The number of aromatic nitrogens is 3. The summed E-state index contributed by atoms with van der Waals surface area (Å²) in [5, 5.41) is 0.0829. The van der Waals surface area contributed by atoms with Gasteiger partial charge in [0, 0.05) is 12.6 Å². The highest BCUT2D eigenvalue weighted by molar-refractivity contribution is 6.28. The topological polar surface area (TPSA) is 94.2 Å². The van der Waals surface area contributed by atoms with Crippen LogP contribution in [0.5, 0.6) is 6.01 Å². The summed E-state index contributed by atoms with van der Waals surface area (Å²) in [5.41, 5.74) is 5.41. The number of carbonyl (C=O) groups excluding carboxylic acids is 1. The third-order valence-corrected chi connectivity index (χ3v) is 3.72. The molecule has 2 N–H and O–H groups in total. The van der Waals surface area contributed by atoms with Crippen molar-refractivity contribution < 1.29 is 9.53 Å². The minimum absolute atomic E-state index is 0.0829. The molecule has 1 saturated heterocycles. The molecule has 1 aromatic rings. The Balaban J connectivity index is 2.22. The Bertz CT molecular complexity index is 513. The first-order valence-electron chi connectivity index (χ1n) is 7.11. The van der Waals surface area contributed by atoms with Crippen LogP contribution in [0.2, 0.25) is 5.28 Å². The maximum Gasteiger partial charge on any atom is 0.322 e. The second-order valence-electron chi connectivity index (χ2n) is 5.21. The van der Waals surface area contributed by atoms with Gasteiger partial charge >= 0.3 is 6.01 Å². The molecular weight excluding hydrogens is 294 g/mol. The third-order valence-electron chi connectivity index (χ3n) is 3.55. The SMILES string of the molecule is CCCOc1nc(Cl)nc(N2CC(C(N)=O)CCC2C)n1. The van der Waals surface area contributed by atoms with Crippen molar-refractivity contribution >= 4 is 23.5 Å². The van der Waals surface area contributed by atoms with Gasteiger partial charge in [-0.2, -0.15) is 15.0 Å². The molecule has 2 atom stereocenters. The second kappa shape index (κ2) is 6.89. The van der Waals surface area contributed by atoms with Crippen molar-refractivity contribution in [3.8, 4) is 6.01 Å². The van der Waals surface area contributed by atoms with Gasteiger partial charge in [0.25, 0.3) is 0 Å². The number of halogens is 1. The number of nitrogens with zero attached hydrogens (tertiary/aromatic N) is 4. The van der Waals surface area contributed by atoms with Gasteiger partial charge in [0.2, 0.25) is 17.1 Å². The summed E-state index contributed by atoms with van der Waals surface area (Å²) in [4.78, 5) is 25.7. The average molecular weight is 314 g/mol. The van der Waals surface area contributed by atoms with Crippen molar-refractivity contribution in [2.75, 3.05) is 18.1 Å². The van der Waals surface area contributed by atoms with Crippen LogP contribution in [0.4, 0.5) is 5.95 Å². The molecule has 8 heteroatoms. The predicted octanol–water partition coefficient (Wildman–Crippen LogP) is 1.40. The van der Waals surface area contributed by atoms with Gasteiger partial charge in [-0.15, -0.1) is 0 Å². The number of anilines is 1. The van der Waals surface area contributed by atoms with Gasteiger partial charge in [0.05, 0.1) is 12.5 Å². The van der Waals surface area contributed by atoms with Crippen LogP contribution >= 0.6 is 11.6 Å². The molecule has 0 aliphatic carbocycles. The molecule has 21 heavy (non-hydrogen) atoms. The van der Waals surface area contributed by atoms with Gasteiger partial charge in [-0.05, 0) is 37.8 Å². The van der Waals surface area contributed by atoms with E-state index >= 15 is 0 Å². The van der Waals surface area contributed by atoms with Crippen LogP contribution in [0.3, 0.4) is 0 Å². The highest BCUT2D eigenvalue weighted by Gasteiger charge is 2.30. The monoisotopic (exact) mass is 313 g/mol. The Labute approximate surface area is 128 Å². The quantitative estimate of drug-likeness (QED) is 0.883. The highest BCUT2D eigenvalue weighted by Crippen LogP contribution is 2.26. The number of primary amides is 1. The van der Waals surface area contributed by atoms with Crippen LogP contribution in [-0.2, 0) is 4.79 Å². The van der Waals surface area contributed by atoms with Crippen molar-refractivity contribution in [1.29, 1.82) is 0 Å². The van der Waals surface area contributed by atoms with Crippen molar-refractivity contribution in [1.82, 2.24) is 15.0 Å². The first kappa shape index (κ1) is 15.8. The lowest BCUT2D eigenvalue weighted by Crippen LogP contribution is -2.46. The molecule has 1 amide bonds. The van der Waals surface area contributed by atoms with E-state index in [1.165, 1.54) is 0 Å². The summed E-state index contributed by atoms with van der Waals surface area (Å²) in [7, 11) is 0. The van der Waals surface area contributed by atoms with Gasteiger partial charge in [0.1, 0.15) is 0 Å². The summed E-state index contributed by atoms with van der Waals surface area (Å²) < 4.78 is 5.41. The average Bonchev–Trinajstić information content (AvgIpc) is 2.44. The first-order chi connectivity index (χ1) is 10.0. The lowest BCUT2D eigenvalue weighted by Gasteiger charge is -2.36. The highest BCUT2D eigenvalue weighted by atomic mass is 35.5. The summed E-state index contributed by atoms with van der Waals surface area (Å²) >= 11 is 5.93. The van der Waals surface area contributed by atoms with Crippen LogP contribution in [0.25, 0.3) is 0 Å². The molecule has 2 heterocycles. The van der Waals surface area contributed by atoms with E-state index in [4.69, 9.17) is 22.1 Å². The lowest BCUT2D eigenvalue weighted by atomic mass is 9.93. The molecule has 0 aromatic carbocycles. The number of nitrogens with two attached hydrogens (primary N) is 1. The summed E-state index contributed by atoms with van der Waals surface area (Å²) in [6, 6.07) is 0.415. The number of amides is 1. The van der Waals surface area contributed by atoms with E-state index in [1.807, 2.05) is 11.8 Å². The van der Waals surface area contributed by atoms with E-state index in [1.54, 1.807) is 0 Å². The molecule has 1 fully saturated rings. The fraction of sp³-hybridized carbons (Fsp3) is 0.692. The van der Waals surface area contributed by atoms with Gasteiger partial charge < -0.3 is 15.4 Å². The van der Waals surface area contributed by atoms with Gasteiger partial charge in [-0.25, -0.2) is 0 Å². The Morgan fingerprint density at radius 1 is 1.43 bits per heavy atom. The smallest absolute Gasteiger partial charge is 0.322 e. The fourth-order valence-electron chi connectivity index (χ4n) is 2.33. The second-order valence-corrected chi connectivity index (χ2v) is 5.55. The predicted molar refractivity (Wildman–Crippen MR) is 79.3 cm³/mol. The Morgan fingerprint density at radius 3 is 2.86 bits per heavy atom. The largest absolute Gasteiger partial charge is 0.463 e. The van der Waals surface area contributed by atoms with Gasteiger partial charge in [-0.1, -0.05) is 6.92 Å². The van der Waals surface area contributed by atoms with Crippen LogP contribution < -0.4 is 15.4 Å². The number of carbonyl (C=O) groups is 1. The fourth-order valence-corrected chi connectivity index (χ4v) is 2.47. The van der Waals surface area contributed by atoms with E-state index in [2.05, 4.69) is 21.9 Å². The number of ether oxygens (including phenoxy) is 1. The van der Waals surface area contributed by atoms with Crippen LogP contribution in [0.1, 0.15) is 33.1 Å². The van der Waals surface area contributed by atoms with Crippen LogP contribution in [0.15, 0.2) is 0 Å². The number of hydrogen-bond donors (Lipinski definition) is 1. The van der Waals surface area contributed by atoms with E-state index in [9.17, 15) is 4.79 Å². The van der Waals surface area contributed by atoms with Crippen LogP contribution in [-0.4, -0.2) is 40.1 Å². The molecule has 0 spiro atoms. The van der Waals surface area contributed by atoms with Crippen molar-refractivity contribution in [2.24, 2.45) is 11.7 Å². The number of rotatable bonds is 5. The Kier molecular flexibility index (Phi) is 5.17. The van der Waals surface area contributed by atoms with Crippen molar-refractivity contribution in [3.05, 3.63) is 5.28 Å². The molecule has 7 nitrogen and oxygen atoms in total. The zero-order valence-corrected chi connectivity index (χ0v) is 13.0. The maximum atomic E-state index is 11.4. The third kappa shape index (κ3) is 3.93. The Morgan fingerprint density at radius 2 is 2.19 bits per heavy atom. The zero-order chi connectivity index (χ0) is 15.4. The summed E-state index contributed by atoms with van der Waals surface area (Å²) in [6.07, 6.45) is 2.48. The normalized spacial score (nSPS) is 22.1. The zero-order valence-electron chi connectivity index (χ0n) is 12.3. The lowest BCUT2D eigenvalue weighted by molar-refractivity contribution is -0.122. The maximum absolute atomic E-state index is 11.4. The molecule has 0 bridgehead atoms. The molecule has 1 aromatic heterocycles. The van der Waals surface area contributed by atoms with E-state index < -0.39 is 0 Å². The molecule has 0 saturated carbocycles. The van der Waals surface area contributed by atoms with E-state index in [-0.39, 0.29) is 29.2 Å². The minimum atomic E-state index is -0.297. The molecule has 2 rings (SSSR count). The standard InChI is InChI=1S/C13H20ClN5O2/c1-3-6-21-13-17-11(14)16-12(18-13)19-7-9(10(15)20)5-4-8(19)2/h8-9H,3-7H2,1-2H3,(H2,15,20). The first-order valence-corrected chi connectivity index (χ1v) is 7.49. The minimum Gasteiger partial charge on any atom is -0.463 e. The number of piperidine rings is 1. The summed E-state index contributed by atoms with van der Waals surface area (Å²) in [5.74, 6) is -0.0641. The van der Waals surface area contributed by atoms with Crippen molar-refractivity contribution in [2.45, 2.75) is 39.2 Å². The molecule has 0 radical (unpaired) electrons. The molecule has 116 valence electrons.